The summed E-state index contributed by atoms with van der Waals surface area (Å²) in [5, 5.41) is 0.573. The Morgan fingerprint density at radius 2 is 1.80 bits per heavy atom. The molecule has 1 N–H and O–H groups in total. The molecule has 1 heterocycles. The van der Waals surface area contributed by atoms with Crippen molar-refractivity contribution in [2.75, 3.05) is 27.3 Å². The third kappa shape index (κ3) is 5.31. The second-order valence-electron chi connectivity index (χ2n) is 7.04. The van der Waals surface area contributed by atoms with E-state index in [2.05, 4.69) is 4.72 Å². The van der Waals surface area contributed by atoms with E-state index in [4.69, 9.17) is 21.1 Å². The lowest BCUT2D eigenvalue weighted by Gasteiger charge is -2.31. The highest BCUT2D eigenvalue weighted by Crippen LogP contribution is 2.26. The molecule has 0 aromatic heterocycles. The van der Waals surface area contributed by atoms with Gasteiger partial charge in [-0.25, -0.2) is 13.1 Å². The van der Waals surface area contributed by atoms with Gasteiger partial charge in [-0.2, -0.15) is 0 Å². The number of piperidine rings is 1. The first-order chi connectivity index (χ1) is 14.3. The van der Waals surface area contributed by atoms with Crippen LogP contribution in [0.5, 0.6) is 5.75 Å². The number of benzene rings is 2. The minimum Gasteiger partial charge on any atom is -0.495 e. The molecule has 0 radical (unpaired) electrons. The molecule has 0 atom stereocenters. The first-order valence-electron chi connectivity index (χ1n) is 9.58. The predicted molar refractivity (Wildman–Crippen MR) is 114 cm³/mol. The Morgan fingerprint density at radius 1 is 1.13 bits per heavy atom. The van der Waals surface area contributed by atoms with Crippen molar-refractivity contribution >= 4 is 27.5 Å². The molecule has 1 saturated heterocycles. The maximum Gasteiger partial charge on any atom is 0.253 e. The smallest absolute Gasteiger partial charge is 0.253 e. The summed E-state index contributed by atoms with van der Waals surface area (Å²) in [6, 6.07) is 11.3. The number of carbonyl (C=O) groups excluding carboxylic acids is 1. The quantitative estimate of drug-likeness (QED) is 0.697. The monoisotopic (exact) mass is 452 g/mol. The molecule has 3 rings (SSSR count). The molecule has 30 heavy (non-hydrogen) atoms. The van der Waals surface area contributed by atoms with Gasteiger partial charge in [0, 0.05) is 37.3 Å². The zero-order chi connectivity index (χ0) is 21.7. The number of hydrogen-bond donors (Lipinski definition) is 1. The fraction of sp³-hybridized carbons (Fsp3) is 0.381. The van der Waals surface area contributed by atoms with Gasteiger partial charge in [0.2, 0.25) is 10.0 Å². The second-order valence-corrected chi connectivity index (χ2v) is 9.22. The normalized spacial score (nSPS) is 15.2. The Balaban J connectivity index is 1.79. The van der Waals surface area contributed by atoms with Gasteiger partial charge in [0.05, 0.1) is 13.2 Å². The van der Waals surface area contributed by atoms with Crippen LogP contribution in [0.1, 0.15) is 28.8 Å². The number of rotatable bonds is 7. The maximum atomic E-state index is 12.9. The van der Waals surface area contributed by atoms with E-state index in [9.17, 15) is 13.2 Å². The molecule has 9 heteroatoms. The molecule has 7 nitrogen and oxygen atoms in total. The summed E-state index contributed by atoms with van der Waals surface area (Å²) >= 11 is 5.87. The van der Waals surface area contributed by atoms with Crippen molar-refractivity contribution in [2.45, 2.75) is 30.4 Å². The van der Waals surface area contributed by atoms with Crippen LogP contribution in [0, 0.1) is 0 Å². The zero-order valence-corrected chi connectivity index (χ0v) is 18.5. The highest BCUT2D eigenvalue weighted by atomic mass is 35.5. The Hall–Kier alpha value is -2.13. The van der Waals surface area contributed by atoms with E-state index in [1.807, 2.05) is 0 Å². The van der Waals surface area contributed by atoms with E-state index in [-0.39, 0.29) is 29.2 Å². The fourth-order valence-electron chi connectivity index (χ4n) is 3.36. The number of amides is 1. The minimum atomic E-state index is -3.91. The van der Waals surface area contributed by atoms with E-state index in [0.717, 1.165) is 18.4 Å². The van der Waals surface area contributed by atoms with E-state index in [1.54, 1.807) is 42.3 Å². The van der Waals surface area contributed by atoms with E-state index in [1.165, 1.54) is 19.2 Å². The number of methoxy groups -OCH3 is 2. The van der Waals surface area contributed by atoms with Gasteiger partial charge in [0.25, 0.3) is 5.91 Å². The number of hydrogen-bond acceptors (Lipinski definition) is 5. The Morgan fingerprint density at radius 3 is 2.40 bits per heavy atom. The van der Waals surface area contributed by atoms with Gasteiger partial charge in [-0.15, -0.1) is 0 Å². The molecule has 0 bridgehead atoms. The lowest BCUT2D eigenvalue weighted by molar-refractivity contribution is 0.0350. The molecule has 162 valence electrons. The highest BCUT2D eigenvalue weighted by Gasteiger charge is 2.26. The molecular formula is C21H25ClN2O5S. The van der Waals surface area contributed by atoms with Crippen molar-refractivity contribution in [3.8, 4) is 5.75 Å². The summed E-state index contributed by atoms with van der Waals surface area (Å²) in [6.45, 7) is 1.23. The first-order valence-corrected chi connectivity index (χ1v) is 11.4. The van der Waals surface area contributed by atoms with Gasteiger partial charge in [-0.1, -0.05) is 23.7 Å². The van der Waals surface area contributed by atoms with Crippen LogP contribution in [0.15, 0.2) is 47.4 Å². The van der Waals surface area contributed by atoms with Crippen LogP contribution in [0.25, 0.3) is 0 Å². The third-order valence-electron chi connectivity index (χ3n) is 5.14. The molecule has 0 spiro atoms. The van der Waals surface area contributed by atoms with Crippen molar-refractivity contribution in [1.82, 2.24) is 9.62 Å². The summed E-state index contributed by atoms with van der Waals surface area (Å²) in [5.74, 6) is -0.0328. The SMILES string of the molecule is COc1ccc(C(=O)N2CCC(OC)CC2)cc1S(=O)(=O)NCc1ccc(Cl)cc1. The standard InChI is InChI=1S/C21H25ClN2O5S/c1-28-18-9-11-24(12-10-18)21(25)16-5-8-19(29-2)20(13-16)30(26,27)23-14-15-3-6-17(22)7-4-15/h3-8,13,18,23H,9-12,14H2,1-2H3. The van der Waals surface area contributed by atoms with Crippen LogP contribution >= 0.6 is 11.6 Å². The summed E-state index contributed by atoms with van der Waals surface area (Å²) < 4.78 is 39.0. The molecule has 1 fully saturated rings. The largest absolute Gasteiger partial charge is 0.495 e. The molecular weight excluding hydrogens is 428 g/mol. The number of carbonyl (C=O) groups is 1. The molecule has 1 aliphatic heterocycles. The topological polar surface area (TPSA) is 84.9 Å². The zero-order valence-electron chi connectivity index (χ0n) is 16.9. The van der Waals surface area contributed by atoms with Gasteiger partial charge in [0.1, 0.15) is 10.6 Å². The Labute approximate surface area is 182 Å². The number of nitrogens with zero attached hydrogens (tertiary/aromatic N) is 1. The van der Waals surface area contributed by atoms with Crippen molar-refractivity contribution < 1.29 is 22.7 Å². The first kappa shape index (κ1) is 22.6. The summed E-state index contributed by atoms with van der Waals surface area (Å²) in [5.41, 5.74) is 1.06. The number of halogens is 1. The fourth-order valence-corrected chi connectivity index (χ4v) is 4.69. The lowest BCUT2D eigenvalue weighted by atomic mass is 10.1. The molecule has 1 aliphatic rings. The summed E-state index contributed by atoms with van der Waals surface area (Å²) in [4.78, 5) is 14.5. The van der Waals surface area contributed by atoms with Crippen molar-refractivity contribution in [2.24, 2.45) is 0 Å². The van der Waals surface area contributed by atoms with Crippen LogP contribution in [0.3, 0.4) is 0 Å². The van der Waals surface area contributed by atoms with Gasteiger partial charge in [-0.3, -0.25) is 4.79 Å². The average Bonchev–Trinajstić information content (AvgIpc) is 2.78. The molecule has 2 aromatic rings. The van der Waals surface area contributed by atoms with Crippen LogP contribution in [0.2, 0.25) is 5.02 Å². The Kier molecular flexibility index (Phi) is 7.36. The molecule has 0 unspecified atom stereocenters. The third-order valence-corrected chi connectivity index (χ3v) is 6.82. The average molecular weight is 453 g/mol. The lowest BCUT2D eigenvalue weighted by Crippen LogP contribution is -2.40. The van der Waals surface area contributed by atoms with Crippen LogP contribution in [-0.2, 0) is 21.3 Å². The van der Waals surface area contributed by atoms with Crippen molar-refractivity contribution in [3.05, 3.63) is 58.6 Å². The van der Waals surface area contributed by atoms with Crippen molar-refractivity contribution in [3.63, 3.8) is 0 Å². The van der Waals surface area contributed by atoms with Gasteiger partial charge in [0.15, 0.2) is 0 Å². The van der Waals surface area contributed by atoms with Crippen LogP contribution < -0.4 is 9.46 Å². The Bertz CT molecular complexity index is 987. The summed E-state index contributed by atoms with van der Waals surface area (Å²) in [7, 11) is -0.850. The van der Waals surface area contributed by atoms with Gasteiger partial charge >= 0.3 is 0 Å². The van der Waals surface area contributed by atoms with Crippen LogP contribution in [0.4, 0.5) is 0 Å². The number of nitrogens with one attached hydrogen (secondary N) is 1. The number of sulfonamides is 1. The minimum absolute atomic E-state index is 0.0726. The maximum absolute atomic E-state index is 12.9. The predicted octanol–water partition coefficient (Wildman–Crippen LogP) is 3.08. The number of likely N-dealkylation sites (tertiary alicyclic amines) is 1. The van der Waals surface area contributed by atoms with Gasteiger partial charge in [-0.05, 0) is 48.7 Å². The highest BCUT2D eigenvalue weighted by molar-refractivity contribution is 7.89. The summed E-state index contributed by atoms with van der Waals surface area (Å²) in [6.07, 6.45) is 1.66. The molecule has 1 amide bonds. The number of ether oxygens (including phenoxy) is 2. The molecule has 2 aromatic carbocycles. The second kappa shape index (κ2) is 9.78. The van der Waals surface area contributed by atoms with E-state index in [0.29, 0.717) is 23.7 Å². The van der Waals surface area contributed by atoms with E-state index >= 15 is 0 Å². The molecule has 0 saturated carbocycles. The van der Waals surface area contributed by atoms with Gasteiger partial charge < -0.3 is 14.4 Å². The van der Waals surface area contributed by atoms with Crippen LogP contribution in [-0.4, -0.2) is 52.6 Å². The molecule has 0 aliphatic carbocycles. The van der Waals surface area contributed by atoms with Crippen molar-refractivity contribution in [1.29, 1.82) is 0 Å². The van der Waals surface area contributed by atoms with E-state index < -0.39 is 10.0 Å².